The highest BCUT2D eigenvalue weighted by molar-refractivity contribution is 7.92. The van der Waals surface area contributed by atoms with E-state index in [1.54, 1.807) is 19.1 Å². The SMILES string of the molecule is Cc1ccc(C=CC(=O)NC(C)c2ccc(NS(C)(=O)=O)c(F)c2)cc1C. The second-order valence-electron chi connectivity index (χ2n) is 6.52. The number of aryl methyl sites for hydroxylation is 2. The lowest BCUT2D eigenvalue weighted by molar-refractivity contribution is -0.117. The number of hydrogen-bond acceptors (Lipinski definition) is 3. The monoisotopic (exact) mass is 390 g/mol. The lowest BCUT2D eigenvalue weighted by Gasteiger charge is -2.14. The first-order valence-electron chi connectivity index (χ1n) is 8.38. The van der Waals surface area contributed by atoms with Crippen LogP contribution >= 0.6 is 0 Å². The van der Waals surface area contributed by atoms with E-state index in [0.29, 0.717) is 5.56 Å². The van der Waals surface area contributed by atoms with Crippen molar-refractivity contribution >= 4 is 27.7 Å². The first kappa shape index (κ1) is 20.6. The van der Waals surface area contributed by atoms with Crippen molar-refractivity contribution < 1.29 is 17.6 Å². The summed E-state index contributed by atoms with van der Waals surface area (Å²) in [6.07, 6.45) is 4.09. The van der Waals surface area contributed by atoms with E-state index >= 15 is 0 Å². The molecule has 0 radical (unpaired) electrons. The van der Waals surface area contributed by atoms with Crippen molar-refractivity contribution in [2.45, 2.75) is 26.8 Å². The molecule has 1 atom stereocenters. The zero-order valence-corrected chi connectivity index (χ0v) is 16.5. The molecular formula is C20H23FN2O3S. The second kappa shape index (κ2) is 8.35. The summed E-state index contributed by atoms with van der Waals surface area (Å²) in [5.74, 6) is -1.01. The summed E-state index contributed by atoms with van der Waals surface area (Å²) < 4.78 is 38.6. The van der Waals surface area contributed by atoms with Gasteiger partial charge >= 0.3 is 0 Å². The van der Waals surface area contributed by atoms with Crippen LogP contribution in [0, 0.1) is 19.7 Å². The fourth-order valence-corrected chi connectivity index (χ4v) is 3.03. The fraction of sp³-hybridized carbons (Fsp3) is 0.250. The van der Waals surface area contributed by atoms with Crippen LogP contribution in [0.15, 0.2) is 42.5 Å². The molecule has 1 amide bonds. The molecule has 27 heavy (non-hydrogen) atoms. The first-order chi connectivity index (χ1) is 12.5. The molecule has 0 bridgehead atoms. The van der Waals surface area contributed by atoms with Gasteiger partial charge in [-0.05, 0) is 61.2 Å². The molecule has 7 heteroatoms. The van der Waals surface area contributed by atoms with Crippen molar-refractivity contribution in [2.24, 2.45) is 0 Å². The second-order valence-corrected chi connectivity index (χ2v) is 8.27. The number of sulfonamides is 1. The molecule has 0 heterocycles. The van der Waals surface area contributed by atoms with Gasteiger partial charge in [0.15, 0.2) is 0 Å². The number of hydrogen-bond donors (Lipinski definition) is 2. The molecule has 0 aliphatic heterocycles. The van der Waals surface area contributed by atoms with E-state index < -0.39 is 21.9 Å². The third-order valence-electron chi connectivity index (χ3n) is 4.11. The van der Waals surface area contributed by atoms with Crippen LogP contribution in [0.2, 0.25) is 0 Å². The van der Waals surface area contributed by atoms with Crippen molar-refractivity contribution in [3.8, 4) is 0 Å². The number of anilines is 1. The number of halogens is 1. The van der Waals surface area contributed by atoms with Crippen LogP contribution in [0.5, 0.6) is 0 Å². The van der Waals surface area contributed by atoms with Crippen molar-refractivity contribution in [3.63, 3.8) is 0 Å². The molecule has 144 valence electrons. The Morgan fingerprint density at radius 3 is 2.41 bits per heavy atom. The molecule has 0 aliphatic rings. The van der Waals surface area contributed by atoms with Crippen LogP contribution in [0.3, 0.4) is 0 Å². The molecule has 0 saturated heterocycles. The topological polar surface area (TPSA) is 75.3 Å². The molecule has 2 aromatic carbocycles. The normalized spacial score (nSPS) is 12.8. The van der Waals surface area contributed by atoms with Crippen LogP contribution in [-0.4, -0.2) is 20.6 Å². The van der Waals surface area contributed by atoms with Crippen molar-refractivity contribution in [2.75, 3.05) is 11.0 Å². The van der Waals surface area contributed by atoms with Crippen LogP contribution in [0.4, 0.5) is 10.1 Å². The quantitative estimate of drug-likeness (QED) is 0.739. The van der Waals surface area contributed by atoms with Crippen molar-refractivity contribution in [3.05, 3.63) is 70.5 Å². The number of rotatable bonds is 6. The predicted molar refractivity (Wildman–Crippen MR) is 106 cm³/mol. The van der Waals surface area contributed by atoms with Gasteiger partial charge in [-0.1, -0.05) is 24.3 Å². The number of carbonyl (C=O) groups is 1. The summed E-state index contributed by atoms with van der Waals surface area (Å²) in [4.78, 5) is 12.1. The van der Waals surface area contributed by atoms with Crippen LogP contribution in [0.25, 0.3) is 6.08 Å². The third-order valence-corrected chi connectivity index (χ3v) is 4.70. The molecule has 0 saturated carbocycles. The average Bonchev–Trinajstić information content (AvgIpc) is 2.56. The Hall–Kier alpha value is -2.67. The average molecular weight is 390 g/mol. The summed E-state index contributed by atoms with van der Waals surface area (Å²) in [5, 5.41) is 2.76. The largest absolute Gasteiger partial charge is 0.346 e. The van der Waals surface area contributed by atoms with Gasteiger partial charge in [-0.3, -0.25) is 9.52 Å². The highest BCUT2D eigenvalue weighted by Crippen LogP contribution is 2.21. The third kappa shape index (κ3) is 6.21. The van der Waals surface area contributed by atoms with E-state index in [9.17, 15) is 17.6 Å². The maximum atomic E-state index is 14.1. The van der Waals surface area contributed by atoms with Crippen LogP contribution in [-0.2, 0) is 14.8 Å². The van der Waals surface area contributed by atoms with Gasteiger partial charge in [0.25, 0.3) is 0 Å². The Balaban J connectivity index is 2.04. The van der Waals surface area contributed by atoms with Crippen molar-refractivity contribution in [1.29, 1.82) is 0 Å². The smallest absolute Gasteiger partial charge is 0.244 e. The summed E-state index contributed by atoms with van der Waals surface area (Å²) in [6.45, 7) is 5.75. The van der Waals surface area contributed by atoms with Gasteiger partial charge in [0.2, 0.25) is 15.9 Å². The molecule has 0 aliphatic carbocycles. The lowest BCUT2D eigenvalue weighted by atomic mass is 10.1. The van der Waals surface area contributed by atoms with E-state index in [4.69, 9.17) is 0 Å². The van der Waals surface area contributed by atoms with E-state index in [1.807, 2.05) is 32.0 Å². The van der Waals surface area contributed by atoms with Gasteiger partial charge in [0.05, 0.1) is 18.0 Å². The zero-order chi connectivity index (χ0) is 20.2. The zero-order valence-electron chi connectivity index (χ0n) is 15.7. The Morgan fingerprint density at radius 2 is 1.81 bits per heavy atom. The highest BCUT2D eigenvalue weighted by Gasteiger charge is 2.12. The molecule has 0 aromatic heterocycles. The summed E-state index contributed by atoms with van der Waals surface area (Å²) >= 11 is 0. The molecule has 0 fully saturated rings. The fourth-order valence-electron chi connectivity index (χ4n) is 2.47. The van der Waals surface area contributed by atoms with Crippen LogP contribution < -0.4 is 10.0 Å². The van der Waals surface area contributed by atoms with Gasteiger partial charge in [-0.2, -0.15) is 0 Å². The standard InChI is InChI=1S/C20H23FN2O3S/c1-13-5-6-16(11-14(13)2)7-10-20(24)22-15(3)17-8-9-19(18(21)12-17)23-27(4,25)26/h5-12,15,23H,1-4H3,(H,22,24). The van der Waals surface area contributed by atoms with Gasteiger partial charge in [0, 0.05) is 6.08 Å². The van der Waals surface area contributed by atoms with Gasteiger partial charge in [-0.25, -0.2) is 12.8 Å². The van der Waals surface area contributed by atoms with Crippen LogP contribution in [0.1, 0.15) is 35.2 Å². The summed E-state index contributed by atoms with van der Waals surface area (Å²) in [7, 11) is -3.56. The van der Waals surface area contributed by atoms with Gasteiger partial charge in [0.1, 0.15) is 5.82 Å². The summed E-state index contributed by atoms with van der Waals surface area (Å²) in [5.41, 5.74) is 3.64. The Kier molecular flexibility index (Phi) is 6.38. The Labute approximate surface area is 159 Å². The molecule has 1 unspecified atom stereocenters. The molecule has 0 spiro atoms. The van der Waals surface area contributed by atoms with Crippen molar-refractivity contribution in [1.82, 2.24) is 5.32 Å². The highest BCUT2D eigenvalue weighted by atomic mass is 32.2. The maximum Gasteiger partial charge on any atom is 0.244 e. The molecule has 2 N–H and O–H groups in total. The minimum absolute atomic E-state index is 0.130. The number of benzene rings is 2. The Bertz CT molecular complexity index is 985. The lowest BCUT2D eigenvalue weighted by Crippen LogP contribution is -2.24. The predicted octanol–water partition coefficient (Wildman–Crippen LogP) is 3.70. The maximum absolute atomic E-state index is 14.1. The first-order valence-corrected chi connectivity index (χ1v) is 10.3. The minimum Gasteiger partial charge on any atom is -0.346 e. The molecule has 5 nitrogen and oxygen atoms in total. The van der Waals surface area contributed by atoms with E-state index in [0.717, 1.165) is 17.4 Å². The number of amides is 1. The molecular weight excluding hydrogens is 367 g/mol. The van der Waals surface area contributed by atoms with Gasteiger partial charge in [-0.15, -0.1) is 0 Å². The minimum atomic E-state index is -3.56. The summed E-state index contributed by atoms with van der Waals surface area (Å²) in [6, 6.07) is 9.57. The molecule has 2 aromatic rings. The van der Waals surface area contributed by atoms with E-state index in [1.165, 1.54) is 23.8 Å². The Morgan fingerprint density at radius 1 is 1.11 bits per heavy atom. The number of nitrogens with one attached hydrogen (secondary N) is 2. The van der Waals surface area contributed by atoms with Gasteiger partial charge < -0.3 is 5.32 Å². The molecule has 2 rings (SSSR count). The van der Waals surface area contributed by atoms with E-state index in [-0.39, 0.29) is 11.6 Å². The van der Waals surface area contributed by atoms with E-state index in [2.05, 4.69) is 10.0 Å². The number of carbonyl (C=O) groups excluding carboxylic acids is 1.